The number of sulfonamides is 1. The first-order valence-electron chi connectivity index (χ1n) is 9.29. The number of rotatable bonds is 5. The van der Waals surface area contributed by atoms with Crippen LogP contribution in [0.2, 0.25) is 0 Å². The molecule has 0 aliphatic carbocycles. The summed E-state index contributed by atoms with van der Waals surface area (Å²) in [6.07, 6.45) is 0.424. The Labute approximate surface area is 169 Å². The third-order valence-electron chi connectivity index (χ3n) is 5.06. The average molecular weight is 415 g/mol. The minimum Gasteiger partial charge on any atom is -0.457 e. The largest absolute Gasteiger partial charge is 0.457 e. The lowest BCUT2D eigenvalue weighted by atomic mass is 10.2. The third kappa shape index (κ3) is 3.83. The molecular weight excluding hydrogens is 394 g/mol. The van der Waals surface area contributed by atoms with Crippen LogP contribution in [-0.2, 0) is 14.8 Å². The molecule has 152 valence electrons. The fraction of sp³-hybridized carbons (Fsp3) is 0.300. The van der Waals surface area contributed by atoms with E-state index in [9.17, 15) is 18.0 Å². The van der Waals surface area contributed by atoms with Crippen molar-refractivity contribution in [1.29, 1.82) is 0 Å². The molecule has 2 aromatic carbocycles. The topological polar surface area (TPSA) is 96.0 Å². The van der Waals surface area contributed by atoms with Crippen LogP contribution in [0.5, 0.6) is 11.5 Å². The van der Waals surface area contributed by atoms with Crippen molar-refractivity contribution in [1.82, 2.24) is 14.5 Å². The van der Waals surface area contributed by atoms with Gasteiger partial charge in [0.25, 0.3) is 0 Å². The van der Waals surface area contributed by atoms with Crippen LogP contribution in [0, 0.1) is 6.92 Å². The molecule has 1 N–H and O–H groups in total. The highest BCUT2D eigenvalue weighted by Crippen LogP contribution is 2.27. The van der Waals surface area contributed by atoms with E-state index in [1.54, 1.807) is 12.1 Å². The Bertz CT molecular complexity index is 1040. The van der Waals surface area contributed by atoms with Gasteiger partial charge in [0.15, 0.2) is 0 Å². The van der Waals surface area contributed by atoms with E-state index in [0.717, 1.165) is 10.5 Å². The van der Waals surface area contributed by atoms with Gasteiger partial charge in [0.05, 0.1) is 17.5 Å². The number of imide groups is 1. The van der Waals surface area contributed by atoms with E-state index < -0.39 is 22.1 Å². The van der Waals surface area contributed by atoms with Crippen molar-refractivity contribution in [2.24, 2.45) is 0 Å². The molecule has 8 nitrogen and oxygen atoms in total. The number of hydrogen-bond donors (Lipinski definition) is 1. The molecule has 2 aromatic rings. The van der Waals surface area contributed by atoms with Crippen molar-refractivity contribution < 1.29 is 22.7 Å². The van der Waals surface area contributed by atoms with Crippen molar-refractivity contribution in [2.45, 2.75) is 24.3 Å². The van der Waals surface area contributed by atoms with E-state index in [2.05, 4.69) is 5.32 Å². The molecule has 1 unspecified atom stereocenters. The molecule has 2 heterocycles. The number of amides is 3. The Kier molecular flexibility index (Phi) is 5.01. The fourth-order valence-electron chi connectivity index (χ4n) is 3.59. The zero-order valence-electron chi connectivity index (χ0n) is 15.9. The molecule has 2 aliphatic rings. The second-order valence-electron chi connectivity index (χ2n) is 7.12. The van der Waals surface area contributed by atoms with Gasteiger partial charge in [-0.1, -0.05) is 12.1 Å². The number of carbonyl (C=O) groups is 2. The number of aryl methyl sites for hydroxylation is 1. The van der Waals surface area contributed by atoms with Crippen LogP contribution in [-0.4, -0.2) is 55.2 Å². The highest BCUT2D eigenvalue weighted by Gasteiger charge is 2.41. The van der Waals surface area contributed by atoms with E-state index in [0.29, 0.717) is 17.9 Å². The zero-order chi connectivity index (χ0) is 20.6. The Morgan fingerprint density at radius 1 is 1.07 bits per heavy atom. The monoisotopic (exact) mass is 415 g/mol. The van der Waals surface area contributed by atoms with Crippen molar-refractivity contribution in [3.63, 3.8) is 0 Å². The molecular formula is C20H21N3O5S. The Morgan fingerprint density at radius 2 is 1.83 bits per heavy atom. The minimum atomic E-state index is -3.72. The second kappa shape index (κ2) is 7.49. The summed E-state index contributed by atoms with van der Waals surface area (Å²) in [6.45, 7) is 2.28. The molecule has 2 saturated heterocycles. The molecule has 2 aliphatic heterocycles. The first-order chi connectivity index (χ1) is 13.8. The molecule has 9 heteroatoms. The number of hydrogen-bond acceptors (Lipinski definition) is 5. The lowest BCUT2D eigenvalue weighted by Gasteiger charge is -2.21. The lowest BCUT2D eigenvalue weighted by molar-refractivity contribution is -0.126. The molecule has 0 saturated carbocycles. The normalized spacial score (nSPS) is 20.2. The van der Waals surface area contributed by atoms with Gasteiger partial charge in [0.2, 0.25) is 15.9 Å². The molecule has 29 heavy (non-hydrogen) atoms. The summed E-state index contributed by atoms with van der Waals surface area (Å²) < 4.78 is 33.0. The van der Waals surface area contributed by atoms with E-state index in [1.807, 2.05) is 31.2 Å². The van der Waals surface area contributed by atoms with Crippen molar-refractivity contribution >= 4 is 22.0 Å². The van der Waals surface area contributed by atoms with Crippen LogP contribution < -0.4 is 10.1 Å². The van der Waals surface area contributed by atoms with Gasteiger partial charge < -0.3 is 10.1 Å². The van der Waals surface area contributed by atoms with Crippen LogP contribution in [0.4, 0.5) is 4.79 Å². The maximum Gasteiger partial charge on any atom is 0.324 e. The van der Waals surface area contributed by atoms with Gasteiger partial charge >= 0.3 is 6.03 Å². The van der Waals surface area contributed by atoms with Gasteiger partial charge in [-0.2, -0.15) is 4.31 Å². The number of nitrogens with one attached hydrogen (secondary N) is 1. The van der Waals surface area contributed by atoms with Crippen LogP contribution in [0.15, 0.2) is 53.4 Å². The number of benzene rings is 2. The smallest absolute Gasteiger partial charge is 0.324 e. The number of ether oxygens (including phenoxy) is 1. The third-order valence-corrected chi connectivity index (χ3v) is 6.94. The number of nitrogens with zero attached hydrogens (tertiary/aromatic N) is 2. The fourth-order valence-corrected chi connectivity index (χ4v) is 5.08. The van der Waals surface area contributed by atoms with Crippen LogP contribution >= 0.6 is 0 Å². The lowest BCUT2D eigenvalue weighted by Crippen LogP contribution is -2.42. The van der Waals surface area contributed by atoms with Crippen molar-refractivity contribution in [2.75, 3.05) is 19.6 Å². The van der Waals surface area contributed by atoms with Gasteiger partial charge in [-0.15, -0.1) is 0 Å². The summed E-state index contributed by atoms with van der Waals surface area (Å²) in [7, 11) is -3.72. The molecule has 0 radical (unpaired) electrons. The Hall–Kier alpha value is -2.91. The average Bonchev–Trinajstić information content (AvgIpc) is 3.29. The standard InChI is InChI=1S/C20H21N3O5S/c1-14-3-2-4-17(11-14)28-16-5-7-18(8-6-16)29(26,27)22-10-9-15(13-22)23-19(24)12-21-20(23)25/h2-8,11,15H,9-10,12-13H2,1H3,(H,21,25). The highest BCUT2D eigenvalue weighted by molar-refractivity contribution is 7.89. The molecule has 0 spiro atoms. The van der Waals surface area contributed by atoms with Crippen molar-refractivity contribution in [3.8, 4) is 11.5 Å². The highest BCUT2D eigenvalue weighted by atomic mass is 32.2. The van der Waals surface area contributed by atoms with E-state index in [4.69, 9.17) is 4.74 Å². The van der Waals surface area contributed by atoms with E-state index in [-0.39, 0.29) is 30.4 Å². The maximum absolute atomic E-state index is 13.0. The predicted octanol–water partition coefficient (Wildman–Crippen LogP) is 2.10. The Balaban J connectivity index is 1.46. The molecule has 1 atom stereocenters. The summed E-state index contributed by atoms with van der Waals surface area (Å²) in [4.78, 5) is 25.0. The SMILES string of the molecule is Cc1cccc(Oc2ccc(S(=O)(=O)N3CCC(N4C(=O)CNC4=O)C3)cc2)c1. The first-order valence-corrected chi connectivity index (χ1v) is 10.7. The summed E-state index contributed by atoms with van der Waals surface area (Å²) in [6, 6.07) is 12.9. The van der Waals surface area contributed by atoms with Crippen LogP contribution in [0.1, 0.15) is 12.0 Å². The molecule has 0 bridgehead atoms. The van der Waals surface area contributed by atoms with Gasteiger partial charge in [-0.25, -0.2) is 13.2 Å². The molecule has 4 rings (SSSR count). The second-order valence-corrected chi connectivity index (χ2v) is 9.06. The maximum atomic E-state index is 13.0. The van der Waals surface area contributed by atoms with Crippen LogP contribution in [0.25, 0.3) is 0 Å². The first kappa shape index (κ1) is 19.4. The number of carbonyl (C=O) groups excluding carboxylic acids is 2. The summed E-state index contributed by atoms with van der Waals surface area (Å²) in [5.74, 6) is 0.890. The van der Waals surface area contributed by atoms with Gasteiger partial charge in [0, 0.05) is 13.1 Å². The minimum absolute atomic E-state index is 0.0372. The Morgan fingerprint density at radius 3 is 2.48 bits per heavy atom. The molecule has 3 amide bonds. The van der Waals surface area contributed by atoms with Gasteiger partial charge in [-0.05, 0) is 55.3 Å². The summed E-state index contributed by atoms with van der Waals surface area (Å²) in [5.41, 5.74) is 1.07. The van der Waals surface area contributed by atoms with E-state index in [1.165, 1.54) is 16.4 Å². The molecule has 2 fully saturated rings. The van der Waals surface area contributed by atoms with Gasteiger partial charge in [0.1, 0.15) is 11.5 Å². The zero-order valence-corrected chi connectivity index (χ0v) is 16.7. The predicted molar refractivity (Wildman–Crippen MR) is 105 cm³/mol. The van der Waals surface area contributed by atoms with Crippen LogP contribution in [0.3, 0.4) is 0 Å². The number of urea groups is 1. The molecule has 0 aromatic heterocycles. The summed E-state index contributed by atoms with van der Waals surface area (Å²) >= 11 is 0. The van der Waals surface area contributed by atoms with Crippen molar-refractivity contribution in [3.05, 3.63) is 54.1 Å². The van der Waals surface area contributed by atoms with Gasteiger partial charge in [-0.3, -0.25) is 9.69 Å². The van der Waals surface area contributed by atoms with E-state index >= 15 is 0 Å². The summed E-state index contributed by atoms with van der Waals surface area (Å²) in [5, 5.41) is 2.47. The quantitative estimate of drug-likeness (QED) is 0.755.